The Morgan fingerprint density at radius 3 is 2.90 bits per heavy atom. The van der Waals surface area contributed by atoms with Crippen molar-refractivity contribution in [3.8, 4) is 0 Å². The molecule has 1 aromatic heterocycles. The zero-order valence-electron chi connectivity index (χ0n) is 11.6. The van der Waals surface area contributed by atoms with Crippen molar-refractivity contribution in [2.75, 3.05) is 19.6 Å². The molecule has 0 bridgehead atoms. The lowest BCUT2D eigenvalue weighted by Gasteiger charge is -2.24. The van der Waals surface area contributed by atoms with E-state index in [2.05, 4.69) is 50.5 Å². The van der Waals surface area contributed by atoms with Crippen molar-refractivity contribution >= 4 is 0 Å². The Morgan fingerprint density at radius 2 is 2.10 bits per heavy atom. The molecule has 1 unspecified atom stereocenters. The highest BCUT2D eigenvalue weighted by molar-refractivity contribution is 5.19. The minimum absolute atomic E-state index is 0.403. The third-order valence-electron chi connectivity index (χ3n) is 3.71. The van der Waals surface area contributed by atoms with Gasteiger partial charge in [-0.2, -0.15) is 0 Å². The summed E-state index contributed by atoms with van der Waals surface area (Å²) in [6.45, 7) is 4.10. The van der Waals surface area contributed by atoms with Crippen molar-refractivity contribution in [2.24, 2.45) is 0 Å². The monoisotopic (exact) mass is 268 g/mol. The van der Waals surface area contributed by atoms with Gasteiger partial charge < -0.3 is 5.32 Å². The predicted octanol–water partition coefficient (Wildman–Crippen LogP) is 2.01. The maximum absolute atomic E-state index is 4.33. The Bertz CT molecular complexity index is 515. The van der Waals surface area contributed by atoms with E-state index >= 15 is 0 Å². The van der Waals surface area contributed by atoms with Crippen LogP contribution in [-0.2, 0) is 6.54 Å². The summed E-state index contributed by atoms with van der Waals surface area (Å²) in [5.74, 6) is 0. The predicted molar refractivity (Wildman–Crippen MR) is 79.1 cm³/mol. The van der Waals surface area contributed by atoms with Crippen LogP contribution in [0.3, 0.4) is 0 Å². The first kappa shape index (κ1) is 13.2. The third-order valence-corrected chi connectivity index (χ3v) is 3.71. The average molecular weight is 268 g/mol. The van der Waals surface area contributed by atoms with E-state index in [4.69, 9.17) is 0 Å². The topological polar surface area (TPSA) is 41.1 Å². The molecule has 1 atom stereocenters. The van der Waals surface area contributed by atoms with Gasteiger partial charge in [0.2, 0.25) is 0 Å². The van der Waals surface area contributed by atoms with Crippen LogP contribution in [0.15, 0.2) is 48.9 Å². The summed E-state index contributed by atoms with van der Waals surface area (Å²) < 4.78 is 0. The number of nitrogens with one attached hydrogen (secondary N) is 1. The van der Waals surface area contributed by atoms with Gasteiger partial charge >= 0.3 is 0 Å². The van der Waals surface area contributed by atoms with Crippen LogP contribution in [0.5, 0.6) is 0 Å². The Hall–Kier alpha value is -1.78. The number of rotatable bonds is 3. The Labute approximate surface area is 119 Å². The van der Waals surface area contributed by atoms with Crippen LogP contribution in [0.1, 0.15) is 23.7 Å². The molecule has 2 aromatic rings. The zero-order valence-corrected chi connectivity index (χ0v) is 11.6. The first-order valence-electron chi connectivity index (χ1n) is 7.17. The number of hydrogen-bond acceptors (Lipinski definition) is 4. The minimum Gasteiger partial charge on any atom is -0.309 e. The summed E-state index contributed by atoms with van der Waals surface area (Å²) in [7, 11) is 0. The molecule has 1 saturated heterocycles. The van der Waals surface area contributed by atoms with Crippen molar-refractivity contribution in [3.63, 3.8) is 0 Å². The fourth-order valence-electron chi connectivity index (χ4n) is 2.69. The van der Waals surface area contributed by atoms with E-state index in [0.29, 0.717) is 6.04 Å². The number of hydrogen-bond donors (Lipinski definition) is 1. The third kappa shape index (κ3) is 3.40. The van der Waals surface area contributed by atoms with E-state index in [0.717, 1.165) is 31.9 Å². The van der Waals surface area contributed by atoms with E-state index in [1.54, 1.807) is 6.33 Å². The normalized spacial score (nSPS) is 20.5. The van der Waals surface area contributed by atoms with Crippen molar-refractivity contribution in [1.29, 1.82) is 0 Å². The highest BCUT2D eigenvalue weighted by Gasteiger charge is 2.19. The van der Waals surface area contributed by atoms with Crippen LogP contribution in [-0.4, -0.2) is 34.5 Å². The highest BCUT2D eigenvalue weighted by atomic mass is 15.2. The van der Waals surface area contributed by atoms with Crippen molar-refractivity contribution < 1.29 is 0 Å². The molecule has 0 saturated carbocycles. The summed E-state index contributed by atoms with van der Waals surface area (Å²) in [6, 6.07) is 13.1. The van der Waals surface area contributed by atoms with Crippen molar-refractivity contribution in [2.45, 2.75) is 19.0 Å². The van der Waals surface area contributed by atoms with Gasteiger partial charge in [0, 0.05) is 25.3 Å². The molecule has 20 heavy (non-hydrogen) atoms. The van der Waals surface area contributed by atoms with Crippen molar-refractivity contribution in [1.82, 2.24) is 20.2 Å². The van der Waals surface area contributed by atoms with Crippen LogP contribution in [0.25, 0.3) is 0 Å². The van der Waals surface area contributed by atoms with Crippen LogP contribution in [0.2, 0.25) is 0 Å². The Balaban J connectivity index is 1.69. The van der Waals surface area contributed by atoms with Gasteiger partial charge in [0.1, 0.15) is 6.33 Å². The molecular weight excluding hydrogens is 248 g/mol. The molecule has 2 heterocycles. The molecule has 1 aromatic carbocycles. The van der Waals surface area contributed by atoms with Crippen molar-refractivity contribution in [3.05, 3.63) is 60.2 Å². The molecule has 0 amide bonds. The van der Waals surface area contributed by atoms with E-state index in [1.807, 2.05) is 12.3 Å². The second-order valence-electron chi connectivity index (χ2n) is 5.21. The Morgan fingerprint density at radius 1 is 1.20 bits per heavy atom. The lowest BCUT2D eigenvalue weighted by molar-refractivity contribution is 0.257. The van der Waals surface area contributed by atoms with Gasteiger partial charge in [0.25, 0.3) is 0 Å². The number of nitrogens with zero attached hydrogens (tertiary/aromatic N) is 3. The van der Waals surface area contributed by atoms with Gasteiger partial charge in [-0.15, -0.1) is 0 Å². The molecule has 1 N–H and O–H groups in total. The van der Waals surface area contributed by atoms with Gasteiger partial charge in [-0.1, -0.05) is 30.3 Å². The maximum Gasteiger partial charge on any atom is 0.115 e. The van der Waals surface area contributed by atoms with Gasteiger partial charge in [-0.3, -0.25) is 4.90 Å². The molecule has 0 radical (unpaired) electrons. The summed E-state index contributed by atoms with van der Waals surface area (Å²) >= 11 is 0. The molecule has 3 rings (SSSR count). The fourth-order valence-corrected chi connectivity index (χ4v) is 2.69. The molecule has 0 aliphatic carbocycles. The van der Waals surface area contributed by atoms with E-state index < -0.39 is 0 Å². The smallest absolute Gasteiger partial charge is 0.115 e. The molecule has 1 aliphatic heterocycles. The Kier molecular flexibility index (Phi) is 4.35. The van der Waals surface area contributed by atoms with Crippen LogP contribution in [0, 0.1) is 0 Å². The largest absolute Gasteiger partial charge is 0.309 e. The van der Waals surface area contributed by atoms with E-state index in [-0.39, 0.29) is 0 Å². The standard InChI is InChI=1S/C16H20N4/c1-2-5-14(6-3-1)16-12-20(10-4-8-18-16)11-15-7-9-17-13-19-15/h1-3,5-7,9,13,16,18H,4,8,10-12H2. The van der Waals surface area contributed by atoms with Gasteiger partial charge in [-0.05, 0) is 31.1 Å². The van der Waals surface area contributed by atoms with Crippen LogP contribution >= 0.6 is 0 Å². The molecular formula is C16H20N4. The average Bonchev–Trinajstić information content (AvgIpc) is 2.75. The molecule has 0 spiro atoms. The molecule has 4 heteroatoms. The highest BCUT2D eigenvalue weighted by Crippen LogP contribution is 2.17. The summed E-state index contributed by atoms with van der Waals surface area (Å²) in [4.78, 5) is 10.8. The summed E-state index contributed by atoms with van der Waals surface area (Å²) in [5.41, 5.74) is 2.45. The second-order valence-corrected chi connectivity index (χ2v) is 5.21. The van der Waals surface area contributed by atoms with E-state index in [9.17, 15) is 0 Å². The zero-order chi connectivity index (χ0) is 13.6. The minimum atomic E-state index is 0.403. The molecule has 1 aliphatic rings. The fraction of sp³-hybridized carbons (Fsp3) is 0.375. The first-order chi connectivity index (χ1) is 9.92. The molecule has 1 fully saturated rings. The molecule has 104 valence electrons. The lowest BCUT2D eigenvalue weighted by Crippen LogP contribution is -2.31. The van der Waals surface area contributed by atoms with Gasteiger partial charge in [0.15, 0.2) is 0 Å². The maximum atomic E-state index is 4.33. The van der Waals surface area contributed by atoms with Gasteiger partial charge in [-0.25, -0.2) is 9.97 Å². The molecule has 4 nitrogen and oxygen atoms in total. The van der Waals surface area contributed by atoms with E-state index in [1.165, 1.54) is 12.0 Å². The first-order valence-corrected chi connectivity index (χ1v) is 7.17. The van der Waals surface area contributed by atoms with Crippen LogP contribution < -0.4 is 5.32 Å². The second kappa shape index (κ2) is 6.59. The SMILES string of the molecule is c1ccc(C2CN(Cc3ccncn3)CCCN2)cc1. The lowest BCUT2D eigenvalue weighted by atomic mass is 10.1. The van der Waals surface area contributed by atoms with Crippen LogP contribution in [0.4, 0.5) is 0 Å². The van der Waals surface area contributed by atoms with Gasteiger partial charge in [0.05, 0.1) is 5.69 Å². The summed E-state index contributed by atoms with van der Waals surface area (Å²) in [5, 5.41) is 3.64. The number of aromatic nitrogens is 2. The summed E-state index contributed by atoms with van der Waals surface area (Å²) in [6.07, 6.45) is 4.61. The quantitative estimate of drug-likeness (QED) is 0.924. The number of benzene rings is 1.